The van der Waals surface area contributed by atoms with Crippen molar-refractivity contribution >= 4 is 33.2 Å². The molecule has 0 aliphatic rings. The van der Waals surface area contributed by atoms with Crippen LogP contribution in [0.1, 0.15) is 20.9 Å². The minimum atomic E-state index is -0.185. The van der Waals surface area contributed by atoms with Crippen molar-refractivity contribution in [1.29, 1.82) is 0 Å². The van der Waals surface area contributed by atoms with E-state index >= 15 is 0 Å². The molecule has 2 rings (SSSR count). The fraction of sp³-hybridized carbons (Fsp3) is 0.167. The van der Waals surface area contributed by atoms with Crippen LogP contribution in [-0.4, -0.2) is 10.9 Å². The molecule has 6 heteroatoms. The fourth-order valence-corrected chi connectivity index (χ4v) is 2.85. The van der Waals surface area contributed by atoms with Crippen molar-refractivity contribution in [3.63, 3.8) is 0 Å². The first-order valence-electron chi connectivity index (χ1n) is 5.36. The highest BCUT2D eigenvalue weighted by Crippen LogP contribution is 2.21. The average Bonchev–Trinajstić information content (AvgIpc) is 2.82. The molecule has 0 fully saturated rings. The molecule has 2 heterocycles. The quantitative estimate of drug-likeness (QED) is 0.906. The highest BCUT2D eigenvalue weighted by atomic mass is 79.9. The summed E-state index contributed by atoms with van der Waals surface area (Å²) in [6.45, 7) is 0.907. The average molecular weight is 326 g/mol. The number of thiophene rings is 1. The Morgan fingerprint density at radius 3 is 2.94 bits per heavy atom. The van der Waals surface area contributed by atoms with E-state index in [-0.39, 0.29) is 5.91 Å². The monoisotopic (exact) mass is 325 g/mol. The maximum Gasteiger partial charge on any atom is 0.270 e. The Hall–Kier alpha value is -1.24. The molecule has 3 N–H and O–H groups in total. The molecule has 0 bridgehead atoms. The molecule has 94 valence electrons. The first kappa shape index (κ1) is 13.2. The maximum absolute atomic E-state index is 11.9. The third-order valence-corrected chi connectivity index (χ3v) is 3.97. The Labute approximate surface area is 117 Å². The van der Waals surface area contributed by atoms with Crippen molar-refractivity contribution in [3.05, 3.63) is 50.4 Å². The number of nitrogens with one attached hydrogen (secondary N) is 1. The molecule has 0 aliphatic heterocycles. The molecule has 0 saturated heterocycles. The van der Waals surface area contributed by atoms with Gasteiger partial charge in [-0.15, -0.1) is 11.3 Å². The van der Waals surface area contributed by atoms with Gasteiger partial charge < -0.3 is 11.1 Å². The lowest BCUT2D eigenvalue weighted by Crippen LogP contribution is -2.23. The molecule has 0 saturated carbocycles. The zero-order valence-corrected chi connectivity index (χ0v) is 11.9. The van der Waals surface area contributed by atoms with E-state index in [9.17, 15) is 4.79 Å². The molecular formula is C12H12BrN3OS. The van der Waals surface area contributed by atoms with Gasteiger partial charge in [-0.05, 0) is 45.8 Å². The summed E-state index contributed by atoms with van der Waals surface area (Å²) in [6, 6.07) is 7.44. The summed E-state index contributed by atoms with van der Waals surface area (Å²) in [5.41, 5.74) is 6.82. The third-order valence-electron chi connectivity index (χ3n) is 2.34. The van der Waals surface area contributed by atoms with E-state index in [4.69, 9.17) is 5.73 Å². The molecule has 2 aromatic rings. The predicted molar refractivity (Wildman–Crippen MR) is 75.3 cm³/mol. The van der Waals surface area contributed by atoms with Gasteiger partial charge in [-0.2, -0.15) is 0 Å². The summed E-state index contributed by atoms with van der Waals surface area (Å²) in [7, 11) is 0. The molecule has 0 spiro atoms. The molecule has 0 aliphatic carbocycles. The largest absolute Gasteiger partial charge is 0.346 e. The Kier molecular flexibility index (Phi) is 4.46. The van der Waals surface area contributed by atoms with Crippen molar-refractivity contribution in [2.24, 2.45) is 5.73 Å². The van der Waals surface area contributed by atoms with Crippen LogP contribution in [0.3, 0.4) is 0 Å². The third kappa shape index (κ3) is 3.38. The summed E-state index contributed by atoms with van der Waals surface area (Å²) in [4.78, 5) is 17.0. The number of hydrogen-bond acceptors (Lipinski definition) is 4. The van der Waals surface area contributed by atoms with Gasteiger partial charge in [0, 0.05) is 17.6 Å². The number of nitrogens with zero attached hydrogens (tertiary/aromatic N) is 1. The minimum absolute atomic E-state index is 0.185. The van der Waals surface area contributed by atoms with Gasteiger partial charge >= 0.3 is 0 Å². The Morgan fingerprint density at radius 1 is 1.44 bits per heavy atom. The smallest absolute Gasteiger partial charge is 0.270 e. The molecule has 0 radical (unpaired) electrons. The number of halogens is 1. The van der Waals surface area contributed by atoms with Crippen LogP contribution in [0.15, 0.2) is 34.2 Å². The number of carbonyl (C=O) groups excluding carboxylic acids is 1. The van der Waals surface area contributed by atoms with Gasteiger partial charge in [-0.1, -0.05) is 0 Å². The molecular weight excluding hydrogens is 314 g/mol. The van der Waals surface area contributed by atoms with Crippen molar-refractivity contribution in [2.45, 2.75) is 13.1 Å². The fourth-order valence-electron chi connectivity index (χ4n) is 1.43. The van der Waals surface area contributed by atoms with Gasteiger partial charge in [0.2, 0.25) is 0 Å². The number of carbonyl (C=O) groups is 1. The highest BCUT2D eigenvalue weighted by Gasteiger charge is 2.08. The van der Waals surface area contributed by atoms with E-state index < -0.39 is 0 Å². The van der Waals surface area contributed by atoms with Gasteiger partial charge in [0.25, 0.3) is 5.91 Å². The van der Waals surface area contributed by atoms with E-state index in [2.05, 4.69) is 26.2 Å². The van der Waals surface area contributed by atoms with Gasteiger partial charge in [-0.25, -0.2) is 0 Å². The number of hydrogen-bond donors (Lipinski definition) is 2. The molecule has 4 nitrogen and oxygen atoms in total. The molecule has 1 amide bonds. The van der Waals surface area contributed by atoms with Gasteiger partial charge in [0.05, 0.1) is 10.3 Å². The standard InChI is InChI=1S/C12H12BrN3OS/c13-11-2-1-9(18-11)7-16-12(17)10-5-8(6-14)3-4-15-10/h1-5H,6-7,14H2,(H,16,17). The zero-order valence-electron chi connectivity index (χ0n) is 9.52. The Morgan fingerprint density at radius 2 is 2.28 bits per heavy atom. The van der Waals surface area contributed by atoms with Gasteiger partial charge in [0.15, 0.2) is 0 Å². The second kappa shape index (κ2) is 6.08. The zero-order chi connectivity index (χ0) is 13.0. The lowest BCUT2D eigenvalue weighted by molar-refractivity contribution is 0.0946. The number of amides is 1. The lowest BCUT2D eigenvalue weighted by Gasteiger charge is -2.04. The number of rotatable bonds is 4. The summed E-state index contributed by atoms with van der Waals surface area (Å²) in [5, 5.41) is 2.83. The number of aromatic nitrogens is 1. The van der Waals surface area contributed by atoms with Gasteiger partial charge in [-0.3, -0.25) is 9.78 Å². The second-order valence-electron chi connectivity index (χ2n) is 3.64. The van der Waals surface area contributed by atoms with E-state index in [1.807, 2.05) is 12.1 Å². The van der Waals surface area contributed by atoms with E-state index in [0.29, 0.717) is 18.8 Å². The molecule has 0 atom stereocenters. The topological polar surface area (TPSA) is 68.0 Å². The van der Waals surface area contributed by atoms with Crippen LogP contribution in [0.25, 0.3) is 0 Å². The maximum atomic E-state index is 11.9. The van der Waals surface area contributed by atoms with Crippen LogP contribution >= 0.6 is 27.3 Å². The normalized spacial score (nSPS) is 10.3. The SMILES string of the molecule is NCc1ccnc(C(=O)NCc2ccc(Br)s2)c1. The molecule has 2 aromatic heterocycles. The van der Waals surface area contributed by atoms with Crippen LogP contribution in [-0.2, 0) is 13.1 Å². The summed E-state index contributed by atoms with van der Waals surface area (Å²) < 4.78 is 1.05. The van der Waals surface area contributed by atoms with Crippen LogP contribution in [0.5, 0.6) is 0 Å². The lowest BCUT2D eigenvalue weighted by atomic mass is 10.2. The Bertz CT molecular complexity index is 556. The summed E-state index contributed by atoms with van der Waals surface area (Å²) in [5.74, 6) is -0.185. The van der Waals surface area contributed by atoms with E-state index in [1.165, 1.54) is 0 Å². The minimum Gasteiger partial charge on any atom is -0.346 e. The van der Waals surface area contributed by atoms with Crippen LogP contribution in [0.4, 0.5) is 0 Å². The van der Waals surface area contributed by atoms with Crippen molar-refractivity contribution in [3.8, 4) is 0 Å². The van der Waals surface area contributed by atoms with Crippen LogP contribution in [0.2, 0.25) is 0 Å². The first-order valence-corrected chi connectivity index (χ1v) is 6.97. The van der Waals surface area contributed by atoms with Crippen LogP contribution in [0, 0.1) is 0 Å². The predicted octanol–water partition coefficient (Wildman–Crippen LogP) is 2.29. The molecule has 0 aromatic carbocycles. The summed E-state index contributed by atoms with van der Waals surface area (Å²) >= 11 is 4.98. The van der Waals surface area contributed by atoms with Crippen LogP contribution < -0.4 is 11.1 Å². The van der Waals surface area contributed by atoms with Crippen molar-refractivity contribution < 1.29 is 4.79 Å². The second-order valence-corrected chi connectivity index (χ2v) is 6.19. The highest BCUT2D eigenvalue weighted by molar-refractivity contribution is 9.11. The van der Waals surface area contributed by atoms with Crippen molar-refractivity contribution in [1.82, 2.24) is 10.3 Å². The number of pyridine rings is 1. The molecule has 0 unspecified atom stereocenters. The first-order chi connectivity index (χ1) is 8.69. The van der Waals surface area contributed by atoms with Gasteiger partial charge in [0.1, 0.15) is 5.69 Å². The van der Waals surface area contributed by atoms with E-state index in [1.54, 1.807) is 29.7 Å². The summed E-state index contributed by atoms with van der Waals surface area (Å²) in [6.07, 6.45) is 1.60. The number of nitrogens with two attached hydrogens (primary N) is 1. The van der Waals surface area contributed by atoms with E-state index in [0.717, 1.165) is 14.2 Å². The molecule has 18 heavy (non-hydrogen) atoms. The Balaban J connectivity index is 1.99. The van der Waals surface area contributed by atoms with Crippen molar-refractivity contribution in [2.75, 3.05) is 0 Å².